The number of nitrogens with one attached hydrogen (secondary N) is 1. The van der Waals surface area contributed by atoms with Crippen LogP contribution in [0, 0.1) is 18.6 Å². The van der Waals surface area contributed by atoms with Crippen molar-refractivity contribution in [3.8, 4) is 0 Å². The van der Waals surface area contributed by atoms with Crippen molar-refractivity contribution in [1.29, 1.82) is 0 Å². The lowest BCUT2D eigenvalue weighted by Crippen LogP contribution is -2.23. The van der Waals surface area contributed by atoms with E-state index in [-0.39, 0.29) is 17.7 Å². The van der Waals surface area contributed by atoms with E-state index in [4.69, 9.17) is 0 Å². The number of rotatable bonds is 4. The van der Waals surface area contributed by atoms with Gasteiger partial charge in [-0.3, -0.25) is 0 Å². The topological polar surface area (TPSA) is 12.0 Å². The normalized spacial score (nSPS) is 12.4. The highest BCUT2D eigenvalue weighted by atomic mass is 79.9. The van der Waals surface area contributed by atoms with E-state index in [0.29, 0.717) is 16.6 Å². The second-order valence-electron chi connectivity index (χ2n) is 4.66. The minimum absolute atomic E-state index is 0.280. The molecular weight excluding hydrogens is 324 g/mol. The zero-order chi connectivity index (χ0) is 14.7. The second kappa shape index (κ2) is 6.46. The number of hydrogen-bond donors (Lipinski definition) is 1. The minimum atomic E-state index is -0.284. The van der Waals surface area contributed by atoms with Crippen molar-refractivity contribution in [2.24, 2.45) is 0 Å². The molecule has 106 valence electrons. The standard InChI is InChI=1S/C16H16BrF2N/c1-3-20-16(13-7-5-12(18)8-10(13)2)14-6-4-11(17)9-15(14)19/h4-9,16,20H,3H2,1-2H3. The Hall–Kier alpha value is -1.26. The Labute approximate surface area is 126 Å². The molecule has 0 aliphatic rings. The first kappa shape index (κ1) is 15.1. The van der Waals surface area contributed by atoms with Gasteiger partial charge in [-0.2, -0.15) is 0 Å². The summed E-state index contributed by atoms with van der Waals surface area (Å²) in [5.41, 5.74) is 2.25. The first-order chi connectivity index (χ1) is 9.52. The van der Waals surface area contributed by atoms with Gasteiger partial charge in [0.05, 0.1) is 6.04 Å². The quantitative estimate of drug-likeness (QED) is 0.848. The average molecular weight is 340 g/mol. The highest BCUT2D eigenvalue weighted by molar-refractivity contribution is 9.10. The number of benzene rings is 2. The average Bonchev–Trinajstić information content (AvgIpc) is 2.37. The van der Waals surface area contributed by atoms with Crippen LogP contribution < -0.4 is 5.32 Å². The van der Waals surface area contributed by atoms with Crippen molar-refractivity contribution in [2.75, 3.05) is 6.54 Å². The lowest BCUT2D eigenvalue weighted by atomic mass is 9.94. The van der Waals surface area contributed by atoms with Gasteiger partial charge >= 0.3 is 0 Å². The maximum atomic E-state index is 14.2. The molecule has 0 saturated carbocycles. The van der Waals surface area contributed by atoms with Crippen molar-refractivity contribution in [3.63, 3.8) is 0 Å². The Bertz CT molecular complexity index is 562. The summed E-state index contributed by atoms with van der Waals surface area (Å²) in [5.74, 6) is -0.563. The summed E-state index contributed by atoms with van der Waals surface area (Å²) in [6.45, 7) is 4.49. The van der Waals surface area contributed by atoms with Gasteiger partial charge in [0, 0.05) is 10.0 Å². The lowest BCUT2D eigenvalue weighted by Gasteiger charge is -2.21. The van der Waals surface area contributed by atoms with E-state index in [1.165, 1.54) is 18.2 Å². The van der Waals surface area contributed by atoms with Crippen molar-refractivity contribution in [1.82, 2.24) is 5.32 Å². The predicted molar refractivity (Wildman–Crippen MR) is 80.8 cm³/mol. The van der Waals surface area contributed by atoms with Crippen molar-refractivity contribution in [2.45, 2.75) is 19.9 Å². The Morgan fingerprint density at radius 1 is 1.10 bits per heavy atom. The molecule has 0 aliphatic heterocycles. The molecule has 1 nitrogen and oxygen atoms in total. The maximum absolute atomic E-state index is 14.2. The van der Waals surface area contributed by atoms with Crippen molar-refractivity contribution < 1.29 is 8.78 Å². The molecule has 1 unspecified atom stereocenters. The van der Waals surface area contributed by atoms with E-state index < -0.39 is 0 Å². The van der Waals surface area contributed by atoms with Crippen LogP contribution in [0.15, 0.2) is 40.9 Å². The molecule has 0 amide bonds. The first-order valence-corrected chi connectivity index (χ1v) is 7.26. The van der Waals surface area contributed by atoms with Crippen LogP contribution in [0.25, 0.3) is 0 Å². The summed E-state index contributed by atoms with van der Waals surface area (Å²) in [7, 11) is 0. The smallest absolute Gasteiger partial charge is 0.129 e. The van der Waals surface area contributed by atoms with Crippen LogP contribution in [0.4, 0.5) is 8.78 Å². The molecule has 1 atom stereocenters. The van der Waals surface area contributed by atoms with Crippen LogP contribution in [-0.4, -0.2) is 6.54 Å². The van der Waals surface area contributed by atoms with Gasteiger partial charge < -0.3 is 5.32 Å². The third-order valence-electron chi connectivity index (χ3n) is 3.22. The van der Waals surface area contributed by atoms with Crippen molar-refractivity contribution in [3.05, 3.63) is 69.2 Å². The van der Waals surface area contributed by atoms with Gasteiger partial charge in [0.25, 0.3) is 0 Å². The summed E-state index contributed by atoms with van der Waals surface area (Å²) in [5, 5.41) is 3.26. The fourth-order valence-corrected chi connectivity index (χ4v) is 2.62. The van der Waals surface area contributed by atoms with Gasteiger partial charge in [0.15, 0.2) is 0 Å². The number of aryl methyl sites for hydroxylation is 1. The summed E-state index contributed by atoms with van der Waals surface area (Å²) >= 11 is 3.25. The maximum Gasteiger partial charge on any atom is 0.129 e. The largest absolute Gasteiger partial charge is 0.306 e. The van der Waals surface area contributed by atoms with Gasteiger partial charge in [0.2, 0.25) is 0 Å². The SMILES string of the molecule is CCNC(c1ccc(F)cc1C)c1ccc(Br)cc1F. The van der Waals surface area contributed by atoms with Crippen LogP contribution in [0.2, 0.25) is 0 Å². The van der Waals surface area contributed by atoms with Crippen LogP contribution >= 0.6 is 15.9 Å². The molecule has 0 radical (unpaired) electrons. The molecule has 4 heteroatoms. The molecule has 0 aromatic heterocycles. The Morgan fingerprint density at radius 2 is 1.80 bits per heavy atom. The summed E-state index contributed by atoms with van der Waals surface area (Å²) in [6.07, 6.45) is 0. The van der Waals surface area contributed by atoms with E-state index in [9.17, 15) is 8.78 Å². The number of hydrogen-bond acceptors (Lipinski definition) is 1. The summed E-state index contributed by atoms with van der Waals surface area (Å²) in [6, 6.07) is 9.29. The van der Waals surface area contributed by atoms with Crippen LogP contribution in [0.5, 0.6) is 0 Å². The van der Waals surface area contributed by atoms with Crippen LogP contribution in [0.3, 0.4) is 0 Å². The molecule has 2 aromatic carbocycles. The fraction of sp³-hybridized carbons (Fsp3) is 0.250. The monoisotopic (exact) mass is 339 g/mol. The molecule has 2 rings (SSSR count). The first-order valence-electron chi connectivity index (χ1n) is 6.47. The van der Waals surface area contributed by atoms with Gasteiger partial charge in [-0.1, -0.05) is 35.0 Å². The highest BCUT2D eigenvalue weighted by Gasteiger charge is 2.19. The number of halogens is 3. The van der Waals surface area contributed by atoms with Gasteiger partial charge in [-0.25, -0.2) is 8.78 Å². The molecule has 0 spiro atoms. The lowest BCUT2D eigenvalue weighted by molar-refractivity contribution is 0.555. The molecule has 0 heterocycles. The van der Waals surface area contributed by atoms with Gasteiger partial charge in [0.1, 0.15) is 11.6 Å². The molecule has 0 fully saturated rings. The van der Waals surface area contributed by atoms with Crippen LogP contribution in [-0.2, 0) is 0 Å². The molecule has 0 saturated heterocycles. The van der Waals surface area contributed by atoms with Crippen molar-refractivity contribution >= 4 is 15.9 Å². The van der Waals surface area contributed by atoms with E-state index in [2.05, 4.69) is 21.2 Å². The van der Waals surface area contributed by atoms with Gasteiger partial charge in [-0.05, 0) is 48.9 Å². The Kier molecular flexibility index (Phi) is 4.89. The zero-order valence-electron chi connectivity index (χ0n) is 11.4. The molecule has 20 heavy (non-hydrogen) atoms. The molecule has 2 aromatic rings. The van der Waals surface area contributed by atoms with E-state index in [0.717, 1.165) is 11.1 Å². The predicted octanol–water partition coefficient (Wildman–Crippen LogP) is 4.73. The minimum Gasteiger partial charge on any atom is -0.306 e. The highest BCUT2D eigenvalue weighted by Crippen LogP contribution is 2.28. The van der Waals surface area contributed by atoms with Crippen LogP contribution in [0.1, 0.15) is 29.7 Å². The third kappa shape index (κ3) is 3.25. The molecular formula is C16H16BrF2N. The Morgan fingerprint density at radius 3 is 2.40 bits per heavy atom. The summed E-state index contributed by atoms with van der Waals surface area (Å²) < 4.78 is 28.1. The Balaban J connectivity index is 2.50. The molecule has 0 bridgehead atoms. The second-order valence-corrected chi connectivity index (χ2v) is 5.57. The fourth-order valence-electron chi connectivity index (χ4n) is 2.29. The zero-order valence-corrected chi connectivity index (χ0v) is 13.0. The van der Waals surface area contributed by atoms with E-state index in [1.54, 1.807) is 12.1 Å². The third-order valence-corrected chi connectivity index (χ3v) is 3.72. The van der Waals surface area contributed by atoms with E-state index >= 15 is 0 Å². The summed E-state index contributed by atoms with van der Waals surface area (Å²) in [4.78, 5) is 0. The molecule has 1 N–H and O–H groups in total. The van der Waals surface area contributed by atoms with Gasteiger partial charge in [-0.15, -0.1) is 0 Å². The van der Waals surface area contributed by atoms with E-state index in [1.807, 2.05) is 19.9 Å². The molecule has 0 aliphatic carbocycles.